The number of aromatic nitrogens is 1. The van der Waals surface area contributed by atoms with E-state index in [1.807, 2.05) is 62.0 Å². The summed E-state index contributed by atoms with van der Waals surface area (Å²) in [6, 6.07) is 17.8. The van der Waals surface area contributed by atoms with Gasteiger partial charge in [-0.15, -0.1) is 37.8 Å². The fraction of sp³-hybridized carbons (Fsp3) is 0.103. The Morgan fingerprint density at radius 2 is 2.15 bits per heavy atom. The van der Waals surface area contributed by atoms with Gasteiger partial charge in [0.2, 0.25) is 0 Å². The zero-order valence-electron chi connectivity index (χ0n) is 22.3. The van der Waals surface area contributed by atoms with Crippen molar-refractivity contribution in [2.24, 2.45) is 0 Å². The summed E-state index contributed by atoms with van der Waals surface area (Å²) in [6.45, 7) is 10.2. The number of nitrogens with zero attached hydrogens (tertiary/aromatic N) is 2. The van der Waals surface area contributed by atoms with Crippen LogP contribution in [-0.2, 0) is 20.1 Å². The van der Waals surface area contributed by atoms with Crippen LogP contribution in [0.25, 0.3) is 38.5 Å². The molecule has 4 heteroatoms. The van der Waals surface area contributed by atoms with Gasteiger partial charge in [-0.05, 0) is 29.6 Å². The van der Waals surface area contributed by atoms with Crippen molar-refractivity contribution in [3.63, 3.8) is 0 Å². The molecule has 2 aromatic heterocycles. The summed E-state index contributed by atoms with van der Waals surface area (Å²) in [5.41, 5.74) is 5.22. The SMILES string of the molecule is C=CC[CH-]C(=C)c1ccc(C)cn1.[2H]C=C([N-]C([2H])C([2H])=C[2H])c1[c-]ccc2oc3ccccc3c12.[Ir+3]. The Labute approximate surface area is 215 Å². The topological polar surface area (TPSA) is 40.1 Å². The van der Waals surface area contributed by atoms with E-state index >= 15 is 0 Å². The molecule has 3 nitrogen and oxygen atoms in total. The Kier molecular flexibility index (Phi) is 7.77. The molecule has 0 fully saturated rings. The summed E-state index contributed by atoms with van der Waals surface area (Å²) >= 11 is 0. The summed E-state index contributed by atoms with van der Waals surface area (Å²) in [4.78, 5) is 4.27. The van der Waals surface area contributed by atoms with Crippen molar-refractivity contribution in [3.05, 3.63) is 128 Å². The molecular weight excluding hydrogens is 585 g/mol. The minimum absolute atomic E-state index is 0. The molecule has 2 heterocycles. The third-order valence-corrected chi connectivity index (χ3v) is 4.64. The van der Waals surface area contributed by atoms with Gasteiger partial charge >= 0.3 is 20.1 Å². The molecule has 0 saturated heterocycles. The van der Waals surface area contributed by atoms with Crippen molar-refractivity contribution in [1.29, 1.82) is 0 Å². The summed E-state index contributed by atoms with van der Waals surface area (Å²) in [6.07, 6.45) is 6.56. The number of rotatable bonds is 8. The fourth-order valence-electron chi connectivity index (χ4n) is 3.07. The normalized spacial score (nSPS) is 13.8. The number of benzene rings is 2. The zero-order valence-corrected chi connectivity index (χ0v) is 20.7. The van der Waals surface area contributed by atoms with Crippen LogP contribution in [0.15, 0.2) is 97.5 Å². The van der Waals surface area contributed by atoms with E-state index in [2.05, 4.69) is 29.5 Å². The van der Waals surface area contributed by atoms with Crippen LogP contribution >= 0.6 is 0 Å². The third-order valence-electron chi connectivity index (χ3n) is 4.64. The van der Waals surface area contributed by atoms with Gasteiger partial charge in [0, 0.05) is 8.94 Å². The molecule has 168 valence electrons. The molecular formula is C29H27IrN2O. The van der Waals surface area contributed by atoms with Crippen molar-refractivity contribution >= 4 is 33.2 Å². The van der Waals surface area contributed by atoms with Gasteiger partial charge in [-0.1, -0.05) is 54.3 Å². The molecule has 0 radical (unpaired) electrons. The monoisotopic (exact) mass is 616 g/mol. The maximum absolute atomic E-state index is 7.79. The molecule has 0 amide bonds. The molecule has 0 spiro atoms. The van der Waals surface area contributed by atoms with Gasteiger partial charge in [-0.2, -0.15) is 30.7 Å². The molecule has 0 aliphatic carbocycles. The van der Waals surface area contributed by atoms with Crippen LogP contribution < -0.4 is 0 Å². The predicted molar refractivity (Wildman–Crippen MR) is 137 cm³/mol. The maximum Gasteiger partial charge on any atom is 3.00 e. The van der Waals surface area contributed by atoms with E-state index in [-0.39, 0.29) is 31.9 Å². The van der Waals surface area contributed by atoms with Crippen LogP contribution in [0.1, 0.15) is 28.7 Å². The van der Waals surface area contributed by atoms with Crippen molar-refractivity contribution < 1.29 is 30.0 Å². The molecule has 2 aromatic carbocycles. The largest absolute Gasteiger partial charge is 3.00 e. The molecule has 4 aromatic rings. The Bertz CT molecular complexity index is 1410. The molecule has 0 aliphatic rings. The van der Waals surface area contributed by atoms with Crippen LogP contribution in [0, 0.1) is 19.4 Å². The Balaban J connectivity index is 0.000000295. The molecule has 1 atom stereocenters. The van der Waals surface area contributed by atoms with E-state index in [9.17, 15) is 0 Å². The van der Waals surface area contributed by atoms with Crippen molar-refractivity contribution in [2.45, 2.75) is 13.3 Å². The van der Waals surface area contributed by atoms with Gasteiger partial charge in [0.1, 0.15) is 5.58 Å². The van der Waals surface area contributed by atoms with Crippen LogP contribution in [0.4, 0.5) is 0 Å². The van der Waals surface area contributed by atoms with Crippen molar-refractivity contribution in [1.82, 2.24) is 4.98 Å². The molecule has 0 bridgehead atoms. The number of allylic oxidation sites excluding steroid dienone is 2. The second-order valence-corrected chi connectivity index (χ2v) is 6.97. The molecule has 1 unspecified atom stereocenters. The first kappa shape index (κ1) is 20.3. The maximum atomic E-state index is 7.79. The zero-order chi connectivity index (χ0) is 26.1. The first-order valence-electron chi connectivity index (χ1n) is 12.3. The van der Waals surface area contributed by atoms with Crippen LogP contribution in [0.3, 0.4) is 0 Å². The molecule has 0 saturated carbocycles. The number of para-hydroxylation sites is 1. The van der Waals surface area contributed by atoms with Crippen molar-refractivity contribution in [3.8, 4) is 0 Å². The number of pyridine rings is 1. The average molecular weight is 616 g/mol. The quantitative estimate of drug-likeness (QED) is 0.148. The van der Waals surface area contributed by atoms with Gasteiger partial charge in [0.25, 0.3) is 0 Å². The standard InChI is InChI=1S/C17H13NO.C12H14N.Ir/c1-3-11-18-12(2)13-8-6-10-16-17(13)14-7-4-5-9-15(14)19-16;1-4-5-6-11(3)12-8-7-10(2)9-13-12;/h3-7,9-10H,1-2,11H2;4,6-9H,1,3,5H2,2H3;/q-2;-1;+3/i1D,2D,3D,11D;;. The second kappa shape index (κ2) is 12.6. The summed E-state index contributed by atoms with van der Waals surface area (Å²) < 4.78 is 35.7. The van der Waals surface area contributed by atoms with Gasteiger partial charge in [-0.3, -0.25) is 0 Å². The van der Waals surface area contributed by atoms with Crippen molar-refractivity contribution in [2.75, 3.05) is 6.52 Å². The first-order valence-corrected chi connectivity index (χ1v) is 10.0. The minimum Gasteiger partial charge on any atom is -0.725 e. The molecule has 0 N–H and O–H groups in total. The van der Waals surface area contributed by atoms with Gasteiger partial charge in [0.15, 0.2) is 0 Å². The Morgan fingerprint density at radius 1 is 1.30 bits per heavy atom. The molecule has 33 heavy (non-hydrogen) atoms. The predicted octanol–water partition coefficient (Wildman–Crippen LogP) is 8.10. The molecule has 4 rings (SSSR count). The average Bonchev–Trinajstić information content (AvgIpc) is 3.29. The summed E-state index contributed by atoms with van der Waals surface area (Å²) in [5.74, 6) is 0. The van der Waals surface area contributed by atoms with Gasteiger partial charge in [0.05, 0.1) is 8.32 Å². The number of aryl methyl sites for hydroxylation is 1. The Morgan fingerprint density at radius 3 is 2.88 bits per heavy atom. The van der Waals surface area contributed by atoms with E-state index < -0.39 is 6.52 Å². The number of hydrogen-bond donors (Lipinski definition) is 0. The van der Waals surface area contributed by atoms with Gasteiger partial charge < -0.3 is 14.7 Å². The van der Waals surface area contributed by atoms with E-state index in [1.54, 1.807) is 12.1 Å². The van der Waals surface area contributed by atoms with E-state index in [0.717, 1.165) is 47.2 Å². The van der Waals surface area contributed by atoms with E-state index in [0.29, 0.717) is 11.1 Å². The van der Waals surface area contributed by atoms with Crippen LogP contribution in [-0.4, -0.2) is 11.5 Å². The summed E-state index contributed by atoms with van der Waals surface area (Å²) in [5, 5.41) is 5.72. The fourth-order valence-corrected chi connectivity index (χ4v) is 3.07. The van der Waals surface area contributed by atoms with Gasteiger partial charge in [-0.25, -0.2) is 5.70 Å². The second-order valence-electron chi connectivity index (χ2n) is 6.97. The minimum atomic E-state index is -1.24. The number of furan rings is 1. The molecule has 0 aliphatic heterocycles. The van der Waals surface area contributed by atoms with Crippen LogP contribution in [0.5, 0.6) is 0 Å². The Hall–Kier alpha value is -3.33. The van der Waals surface area contributed by atoms with E-state index in [1.165, 1.54) is 5.56 Å². The number of hydrogen-bond acceptors (Lipinski definition) is 2. The third kappa shape index (κ3) is 6.58. The number of fused-ring (bicyclic) bond motifs is 3. The van der Waals surface area contributed by atoms with E-state index in [4.69, 9.17) is 9.90 Å². The smallest absolute Gasteiger partial charge is 0.725 e. The first-order chi connectivity index (χ1) is 17.4. The van der Waals surface area contributed by atoms with Crippen LogP contribution in [0.2, 0.25) is 0 Å². The summed E-state index contributed by atoms with van der Waals surface area (Å²) in [7, 11) is 0.